The standard InChI is InChI=1S/C30H28F6N2O2/c1-21-7-4-8-22(15-21)18-28(19-38-27-13-2-3-14-37-27,24-10-6-12-26(17-24)40-30(34,35)36)23-9-5-11-25(16-23)39-20-29(31,32)33/h2-14,16-17,21H,15,18-20H2,1H3,(H,37,38). The molecule has 1 heterocycles. The fraction of sp³-hybridized carbons (Fsp3) is 0.300. The molecule has 0 spiro atoms. The summed E-state index contributed by atoms with van der Waals surface area (Å²) in [6.07, 6.45) is -0.797. The zero-order valence-electron chi connectivity index (χ0n) is 21.6. The van der Waals surface area contributed by atoms with E-state index < -0.39 is 30.3 Å². The average Bonchev–Trinajstić information content (AvgIpc) is 2.89. The van der Waals surface area contributed by atoms with Crippen molar-refractivity contribution >= 4 is 5.82 Å². The van der Waals surface area contributed by atoms with E-state index in [-0.39, 0.29) is 18.2 Å². The van der Waals surface area contributed by atoms with Crippen molar-refractivity contribution in [3.05, 3.63) is 108 Å². The van der Waals surface area contributed by atoms with Crippen molar-refractivity contribution in [2.24, 2.45) is 5.92 Å². The lowest BCUT2D eigenvalue weighted by atomic mass is 9.68. The molecular weight excluding hydrogens is 534 g/mol. The molecule has 0 bridgehead atoms. The quantitative estimate of drug-likeness (QED) is 0.253. The Kier molecular flexibility index (Phi) is 8.76. The van der Waals surface area contributed by atoms with Gasteiger partial charge in [0.05, 0.1) is 0 Å². The highest BCUT2D eigenvalue weighted by molar-refractivity contribution is 5.49. The molecule has 2 atom stereocenters. The number of ether oxygens (including phenoxy) is 2. The Labute approximate surface area is 228 Å². The van der Waals surface area contributed by atoms with Crippen LogP contribution in [0.4, 0.5) is 32.2 Å². The van der Waals surface area contributed by atoms with Gasteiger partial charge in [-0.05, 0) is 66.3 Å². The molecule has 1 aliphatic rings. The van der Waals surface area contributed by atoms with Crippen molar-refractivity contribution in [3.63, 3.8) is 0 Å². The van der Waals surface area contributed by atoms with Gasteiger partial charge in [0.2, 0.25) is 0 Å². The van der Waals surface area contributed by atoms with E-state index >= 15 is 0 Å². The van der Waals surface area contributed by atoms with Crippen LogP contribution in [0.1, 0.15) is 30.9 Å². The predicted molar refractivity (Wildman–Crippen MR) is 140 cm³/mol. The number of benzene rings is 2. The molecule has 0 fully saturated rings. The molecule has 0 saturated carbocycles. The minimum Gasteiger partial charge on any atom is -0.484 e. The number of halogens is 6. The molecule has 1 N–H and O–H groups in total. The first-order valence-electron chi connectivity index (χ1n) is 12.6. The Morgan fingerprint density at radius 1 is 0.900 bits per heavy atom. The molecule has 2 aromatic carbocycles. The van der Waals surface area contributed by atoms with E-state index in [2.05, 4.69) is 28.0 Å². The maximum absolute atomic E-state index is 13.1. The molecule has 3 aromatic rings. The first-order valence-corrected chi connectivity index (χ1v) is 12.6. The van der Waals surface area contributed by atoms with Crippen LogP contribution in [0.2, 0.25) is 0 Å². The van der Waals surface area contributed by atoms with Gasteiger partial charge >= 0.3 is 12.5 Å². The Morgan fingerprint density at radius 2 is 1.60 bits per heavy atom. The van der Waals surface area contributed by atoms with Crippen LogP contribution in [0, 0.1) is 5.92 Å². The van der Waals surface area contributed by atoms with E-state index in [0.717, 1.165) is 5.57 Å². The van der Waals surface area contributed by atoms with E-state index in [9.17, 15) is 26.3 Å². The van der Waals surface area contributed by atoms with Gasteiger partial charge in [-0.15, -0.1) is 13.2 Å². The SMILES string of the molecule is CC1C=CC=C(CC(CNc2ccccn2)(c2cccc(OCC(F)(F)F)c2)c2cccc(OC(F)(F)F)c2)C1. The average molecular weight is 563 g/mol. The van der Waals surface area contributed by atoms with E-state index in [1.54, 1.807) is 42.6 Å². The lowest BCUT2D eigenvalue weighted by Gasteiger charge is -2.38. The first-order chi connectivity index (χ1) is 18.9. The zero-order chi connectivity index (χ0) is 28.8. The molecule has 0 aliphatic heterocycles. The Bertz CT molecular complexity index is 1340. The number of nitrogens with one attached hydrogen (secondary N) is 1. The third-order valence-corrected chi connectivity index (χ3v) is 6.53. The van der Waals surface area contributed by atoms with Gasteiger partial charge in [-0.2, -0.15) is 13.2 Å². The summed E-state index contributed by atoms with van der Waals surface area (Å²) in [5, 5.41) is 3.29. The van der Waals surface area contributed by atoms with Gasteiger partial charge in [0, 0.05) is 18.2 Å². The summed E-state index contributed by atoms with van der Waals surface area (Å²) in [6.45, 7) is 0.746. The van der Waals surface area contributed by atoms with Crippen LogP contribution in [-0.2, 0) is 5.41 Å². The van der Waals surface area contributed by atoms with E-state index in [1.807, 2.05) is 12.2 Å². The lowest BCUT2D eigenvalue weighted by molar-refractivity contribution is -0.274. The van der Waals surface area contributed by atoms with Crippen LogP contribution in [0.3, 0.4) is 0 Å². The smallest absolute Gasteiger partial charge is 0.484 e. The largest absolute Gasteiger partial charge is 0.573 e. The minimum atomic E-state index is -4.90. The Balaban J connectivity index is 1.86. The third kappa shape index (κ3) is 8.03. The van der Waals surface area contributed by atoms with Crippen molar-refractivity contribution in [2.75, 3.05) is 18.5 Å². The second-order valence-electron chi connectivity index (χ2n) is 9.73. The zero-order valence-corrected chi connectivity index (χ0v) is 21.6. The molecule has 2 unspecified atom stereocenters. The van der Waals surface area contributed by atoms with Crippen LogP contribution in [-0.4, -0.2) is 30.7 Å². The number of rotatable bonds is 10. The normalized spacial score (nSPS) is 17.1. The van der Waals surface area contributed by atoms with E-state index in [1.165, 1.54) is 30.3 Å². The van der Waals surface area contributed by atoms with Gasteiger partial charge in [0.25, 0.3) is 0 Å². The van der Waals surface area contributed by atoms with Crippen molar-refractivity contribution in [1.82, 2.24) is 4.98 Å². The fourth-order valence-electron chi connectivity index (χ4n) is 4.84. The number of anilines is 1. The van der Waals surface area contributed by atoms with Gasteiger partial charge < -0.3 is 14.8 Å². The summed E-state index contributed by atoms with van der Waals surface area (Å²) in [6, 6.07) is 17.2. The summed E-state index contributed by atoms with van der Waals surface area (Å²) in [4.78, 5) is 4.31. The summed E-state index contributed by atoms with van der Waals surface area (Å²) >= 11 is 0. The third-order valence-electron chi connectivity index (χ3n) is 6.53. The van der Waals surface area contributed by atoms with Crippen LogP contribution in [0.5, 0.6) is 11.5 Å². The number of hydrogen-bond acceptors (Lipinski definition) is 4. The molecule has 1 aromatic heterocycles. The molecule has 4 nitrogen and oxygen atoms in total. The number of allylic oxidation sites excluding steroid dienone is 4. The number of pyridine rings is 1. The monoisotopic (exact) mass is 562 g/mol. The van der Waals surface area contributed by atoms with Crippen molar-refractivity contribution in [2.45, 2.75) is 37.7 Å². The molecule has 0 amide bonds. The van der Waals surface area contributed by atoms with E-state index in [0.29, 0.717) is 29.8 Å². The first kappa shape index (κ1) is 29.0. The second-order valence-corrected chi connectivity index (χ2v) is 9.73. The predicted octanol–water partition coefficient (Wildman–Crippen LogP) is 8.23. The van der Waals surface area contributed by atoms with Crippen LogP contribution in [0.25, 0.3) is 0 Å². The highest BCUT2D eigenvalue weighted by Gasteiger charge is 2.38. The van der Waals surface area contributed by atoms with Crippen LogP contribution < -0.4 is 14.8 Å². The number of alkyl halides is 6. The second kappa shape index (κ2) is 12.1. The summed E-state index contributed by atoms with van der Waals surface area (Å²) < 4.78 is 87.4. The van der Waals surface area contributed by atoms with Gasteiger partial charge in [-0.1, -0.05) is 61.1 Å². The van der Waals surface area contributed by atoms with Crippen molar-refractivity contribution in [1.29, 1.82) is 0 Å². The van der Waals surface area contributed by atoms with Gasteiger partial charge in [0.15, 0.2) is 6.61 Å². The molecule has 0 radical (unpaired) electrons. The molecule has 1 aliphatic carbocycles. The number of nitrogens with zero attached hydrogens (tertiary/aromatic N) is 1. The minimum absolute atomic E-state index is 0.00869. The molecule has 10 heteroatoms. The Morgan fingerprint density at radius 3 is 2.23 bits per heavy atom. The molecule has 0 saturated heterocycles. The maximum atomic E-state index is 13.1. The summed E-state index contributed by atoms with van der Waals surface area (Å²) in [7, 11) is 0. The maximum Gasteiger partial charge on any atom is 0.573 e. The lowest BCUT2D eigenvalue weighted by Crippen LogP contribution is -2.37. The van der Waals surface area contributed by atoms with Crippen LogP contribution in [0.15, 0.2) is 96.7 Å². The molecule has 40 heavy (non-hydrogen) atoms. The van der Waals surface area contributed by atoms with Crippen molar-refractivity contribution < 1.29 is 35.8 Å². The molecular formula is C30H28F6N2O2. The Hall–Kier alpha value is -3.95. The topological polar surface area (TPSA) is 43.4 Å². The van der Waals surface area contributed by atoms with Gasteiger partial charge in [-0.3, -0.25) is 0 Å². The van der Waals surface area contributed by atoms with Crippen molar-refractivity contribution in [3.8, 4) is 11.5 Å². The van der Waals surface area contributed by atoms with Crippen LogP contribution >= 0.6 is 0 Å². The number of aromatic nitrogens is 1. The highest BCUT2D eigenvalue weighted by atomic mass is 19.4. The fourth-order valence-corrected chi connectivity index (χ4v) is 4.84. The molecule has 4 rings (SSSR count). The molecule has 212 valence electrons. The summed E-state index contributed by atoms with van der Waals surface area (Å²) in [5.41, 5.74) is 1.02. The van der Waals surface area contributed by atoms with Gasteiger partial charge in [-0.25, -0.2) is 4.98 Å². The highest BCUT2D eigenvalue weighted by Crippen LogP contribution is 2.43. The van der Waals surface area contributed by atoms with Gasteiger partial charge in [0.1, 0.15) is 17.3 Å². The number of hydrogen-bond donors (Lipinski definition) is 1. The van der Waals surface area contributed by atoms with E-state index in [4.69, 9.17) is 4.74 Å². The summed E-state index contributed by atoms with van der Waals surface area (Å²) in [5.74, 6) is 0.362.